The van der Waals surface area contributed by atoms with Crippen LogP contribution in [0.4, 0.5) is 0 Å². The highest BCUT2D eigenvalue weighted by atomic mass is 16.4. The molecule has 0 spiro atoms. The Morgan fingerprint density at radius 2 is 1.91 bits per heavy atom. The van der Waals surface area contributed by atoms with Crippen LogP contribution in [0.5, 0.6) is 0 Å². The summed E-state index contributed by atoms with van der Waals surface area (Å²) in [6.45, 7) is 7.00. The monoisotopic (exact) mass is 312 g/mol. The standard InChI is InChI=1S/C18H36N2O2/c1-2-3-4-8-13-19-16-17-11-10-15-20(17)14-9-6-5-7-12-18(21)22/h17,19H,2-16H2,1H3,(H,21,22)/t17-/m1/s1. The molecule has 1 fully saturated rings. The van der Waals surface area contributed by atoms with Crippen LogP contribution < -0.4 is 5.32 Å². The van der Waals surface area contributed by atoms with E-state index in [1.165, 1.54) is 71.0 Å². The second-order valence-corrected chi connectivity index (χ2v) is 6.65. The minimum atomic E-state index is -0.662. The van der Waals surface area contributed by atoms with Gasteiger partial charge in [0.25, 0.3) is 0 Å². The van der Waals surface area contributed by atoms with Gasteiger partial charge in [0.15, 0.2) is 0 Å². The van der Waals surface area contributed by atoms with E-state index in [-0.39, 0.29) is 0 Å². The molecule has 1 aliphatic rings. The van der Waals surface area contributed by atoms with Gasteiger partial charge in [-0.1, -0.05) is 39.0 Å². The van der Waals surface area contributed by atoms with E-state index in [2.05, 4.69) is 17.1 Å². The number of unbranched alkanes of at least 4 members (excludes halogenated alkanes) is 6. The Bertz CT molecular complexity index is 284. The Hall–Kier alpha value is -0.610. The van der Waals surface area contributed by atoms with Crippen molar-refractivity contribution in [3.63, 3.8) is 0 Å². The second-order valence-electron chi connectivity index (χ2n) is 6.65. The highest BCUT2D eigenvalue weighted by molar-refractivity contribution is 5.66. The summed E-state index contributed by atoms with van der Waals surface area (Å²) in [6, 6.07) is 0.727. The van der Waals surface area contributed by atoms with Crippen molar-refractivity contribution in [2.24, 2.45) is 0 Å². The Kier molecular flexibility index (Phi) is 11.4. The van der Waals surface area contributed by atoms with E-state index in [1.54, 1.807) is 0 Å². The second kappa shape index (κ2) is 12.9. The third kappa shape index (κ3) is 9.42. The number of carboxylic acid groups (broad SMARTS) is 1. The van der Waals surface area contributed by atoms with Gasteiger partial charge in [0.1, 0.15) is 0 Å². The van der Waals surface area contributed by atoms with Gasteiger partial charge in [0, 0.05) is 19.0 Å². The zero-order valence-corrected chi connectivity index (χ0v) is 14.5. The summed E-state index contributed by atoms with van der Waals surface area (Å²) in [6.07, 6.45) is 12.6. The summed E-state index contributed by atoms with van der Waals surface area (Å²) in [5.41, 5.74) is 0. The third-order valence-electron chi connectivity index (χ3n) is 4.67. The lowest BCUT2D eigenvalue weighted by atomic mass is 10.1. The van der Waals surface area contributed by atoms with E-state index in [4.69, 9.17) is 5.11 Å². The van der Waals surface area contributed by atoms with Gasteiger partial charge in [0.2, 0.25) is 0 Å². The Labute approximate surface area is 136 Å². The van der Waals surface area contributed by atoms with Crippen LogP contribution in [0.15, 0.2) is 0 Å². The molecule has 0 amide bonds. The minimum Gasteiger partial charge on any atom is -0.481 e. The molecule has 0 radical (unpaired) electrons. The molecule has 22 heavy (non-hydrogen) atoms. The lowest BCUT2D eigenvalue weighted by molar-refractivity contribution is -0.137. The van der Waals surface area contributed by atoms with Gasteiger partial charge in [-0.3, -0.25) is 9.69 Å². The van der Waals surface area contributed by atoms with Crippen LogP contribution in [0.3, 0.4) is 0 Å². The molecule has 0 aliphatic carbocycles. The summed E-state index contributed by atoms with van der Waals surface area (Å²) < 4.78 is 0. The summed E-state index contributed by atoms with van der Waals surface area (Å²) in [5.74, 6) is -0.662. The van der Waals surface area contributed by atoms with E-state index in [1.807, 2.05) is 0 Å². The van der Waals surface area contributed by atoms with Crippen LogP contribution in [0, 0.1) is 0 Å². The maximum Gasteiger partial charge on any atom is 0.303 e. The summed E-state index contributed by atoms with van der Waals surface area (Å²) in [5, 5.41) is 12.2. The summed E-state index contributed by atoms with van der Waals surface area (Å²) in [4.78, 5) is 13.1. The number of hydrogen-bond donors (Lipinski definition) is 2. The molecular weight excluding hydrogens is 276 g/mol. The number of carboxylic acids is 1. The number of aliphatic carboxylic acids is 1. The molecule has 0 aromatic rings. The fourth-order valence-electron chi connectivity index (χ4n) is 3.31. The van der Waals surface area contributed by atoms with Gasteiger partial charge >= 0.3 is 5.97 Å². The van der Waals surface area contributed by atoms with Crippen LogP contribution in [0.2, 0.25) is 0 Å². The number of nitrogens with zero attached hydrogens (tertiary/aromatic N) is 1. The van der Waals surface area contributed by atoms with Crippen LogP contribution in [-0.4, -0.2) is 48.2 Å². The first-order valence-electron chi connectivity index (χ1n) is 9.40. The molecule has 0 unspecified atom stereocenters. The molecule has 0 bridgehead atoms. The first-order chi connectivity index (χ1) is 10.7. The molecule has 1 saturated heterocycles. The predicted octanol–water partition coefficient (Wildman–Crippen LogP) is 3.66. The van der Waals surface area contributed by atoms with Crippen LogP contribution >= 0.6 is 0 Å². The maximum atomic E-state index is 10.5. The van der Waals surface area contributed by atoms with Crippen LogP contribution in [0.1, 0.15) is 77.6 Å². The van der Waals surface area contributed by atoms with Crippen molar-refractivity contribution in [2.45, 2.75) is 83.6 Å². The molecule has 1 heterocycles. The van der Waals surface area contributed by atoms with Crippen molar-refractivity contribution < 1.29 is 9.90 Å². The number of carbonyl (C=O) groups is 1. The fourth-order valence-corrected chi connectivity index (χ4v) is 3.31. The van der Waals surface area contributed by atoms with Gasteiger partial charge in [-0.2, -0.15) is 0 Å². The molecule has 1 rings (SSSR count). The highest BCUT2D eigenvalue weighted by Crippen LogP contribution is 2.17. The van der Waals surface area contributed by atoms with Crippen molar-refractivity contribution in [1.82, 2.24) is 10.2 Å². The van der Waals surface area contributed by atoms with Gasteiger partial charge in [-0.05, 0) is 51.7 Å². The Morgan fingerprint density at radius 3 is 2.68 bits per heavy atom. The van der Waals surface area contributed by atoms with Gasteiger partial charge in [-0.15, -0.1) is 0 Å². The largest absolute Gasteiger partial charge is 0.481 e. The molecule has 1 atom stereocenters. The van der Waals surface area contributed by atoms with Crippen molar-refractivity contribution in [3.05, 3.63) is 0 Å². The first kappa shape index (κ1) is 19.4. The average molecular weight is 312 g/mol. The zero-order valence-electron chi connectivity index (χ0n) is 14.5. The minimum absolute atomic E-state index is 0.328. The highest BCUT2D eigenvalue weighted by Gasteiger charge is 2.23. The quantitative estimate of drug-likeness (QED) is 0.481. The average Bonchev–Trinajstić information content (AvgIpc) is 2.93. The SMILES string of the molecule is CCCCCCNC[C@H]1CCCN1CCCCCCC(=O)O. The van der Waals surface area contributed by atoms with Gasteiger partial charge in [-0.25, -0.2) is 0 Å². The van der Waals surface area contributed by atoms with Gasteiger partial charge < -0.3 is 10.4 Å². The number of likely N-dealkylation sites (tertiary alicyclic amines) is 1. The lowest BCUT2D eigenvalue weighted by Gasteiger charge is -2.24. The number of hydrogen-bond acceptors (Lipinski definition) is 3. The predicted molar refractivity (Wildman–Crippen MR) is 92.3 cm³/mol. The van der Waals surface area contributed by atoms with E-state index in [0.717, 1.165) is 25.4 Å². The van der Waals surface area contributed by atoms with Gasteiger partial charge in [0.05, 0.1) is 0 Å². The molecule has 0 aromatic heterocycles. The molecule has 4 nitrogen and oxygen atoms in total. The number of rotatable bonds is 14. The molecule has 0 aromatic carbocycles. The van der Waals surface area contributed by atoms with Crippen LogP contribution in [0.25, 0.3) is 0 Å². The molecule has 2 N–H and O–H groups in total. The molecule has 1 aliphatic heterocycles. The third-order valence-corrected chi connectivity index (χ3v) is 4.67. The Balaban J connectivity index is 1.99. The maximum absolute atomic E-state index is 10.5. The van der Waals surface area contributed by atoms with E-state index in [0.29, 0.717) is 6.42 Å². The molecule has 0 saturated carbocycles. The van der Waals surface area contributed by atoms with Crippen molar-refractivity contribution in [1.29, 1.82) is 0 Å². The van der Waals surface area contributed by atoms with Crippen molar-refractivity contribution in [2.75, 3.05) is 26.2 Å². The zero-order chi connectivity index (χ0) is 16.0. The van der Waals surface area contributed by atoms with Crippen molar-refractivity contribution in [3.8, 4) is 0 Å². The fraction of sp³-hybridized carbons (Fsp3) is 0.944. The van der Waals surface area contributed by atoms with E-state index < -0.39 is 5.97 Å². The lowest BCUT2D eigenvalue weighted by Crippen LogP contribution is -2.38. The molecule has 4 heteroatoms. The summed E-state index contributed by atoms with van der Waals surface area (Å²) >= 11 is 0. The normalized spacial score (nSPS) is 18.9. The first-order valence-corrected chi connectivity index (χ1v) is 9.40. The summed E-state index contributed by atoms with van der Waals surface area (Å²) in [7, 11) is 0. The van der Waals surface area contributed by atoms with Crippen molar-refractivity contribution >= 4 is 5.97 Å². The van der Waals surface area contributed by atoms with Crippen LogP contribution in [-0.2, 0) is 4.79 Å². The molecule has 130 valence electrons. The topological polar surface area (TPSA) is 52.6 Å². The number of nitrogens with one attached hydrogen (secondary N) is 1. The van der Waals surface area contributed by atoms with E-state index >= 15 is 0 Å². The van der Waals surface area contributed by atoms with E-state index in [9.17, 15) is 4.79 Å². The smallest absolute Gasteiger partial charge is 0.303 e. The Morgan fingerprint density at radius 1 is 1.14 bits per heavy atom. The molecular formula is C18H36N2O2.